The van der Waals surface area contributed by atoms with Crippen molar-refractivity contribution < 1.29 is 9.84 Å². The van der Waals surface area contributed by atoms with Crippen LogP contribution in [0.3, 0.4) is 0 Å². The van der Waals surface area contributed by atoms with E-state index in [1.165, 1.54) is 12.8 Å². The fourth-order valence-corrected chi connectivity index (χ4v) is 3.87. The summed E-state index contributed by atoms with van der Waals surface area (Å²) in [7, 11) is 2.19. The van der Waals surface area contributed by atoms with Gasteiger partial charge in [0.05, 0.1) is 11.7 Å². The second kappa shape index (κ2) is 5.05. The molecule has 3 heteroatoms. The molecule has 3 nitrogen and oxygen atoms in total. The van der Waals surface area contributed by atoms with Crippen molar-refractivity contribution in [2.24, 2.45) is 0 Å². The van der Waals surface area contributed by atoms with E-state index in [0.717, 1.165) is 24.2 Å². The highest BCUT2D eigenvalue weighted by molar-refractivity contribution is 5.39. The predicted molar refractivity (Wildman–Crippen MR) is 79.9 cm³/mol. The number of benzene rings is 1. The van der Waals surface area contributed by atoms with Crippen molar-refractivity contribution in [1.29, 1.82) is 0 Å². The SMILES string of the molecule is CC(C)Oc1ccccc1C1(O)CC2CCC(C1)N2C. The first-order chi connectivity index (χ1) is 9.49. The number of hydrogen-bond donors (Lipinski definition) is 1. The molecule has 20 heavy (non-hydrogen) atoms. The maximum absolute atomic E-state index is 11.2. The minimum absolute atomic E-state index is 0.128. The van der Waals surface area contributed by atoms with Gasteiger partial charge in [-0.3, -0.25) is 0 Å². The standard InChI is InChI=1S/C17H25NO2/c1-12(2)20-16-7-5-4-6-15(16)17(19)10-13-8-9-14(11-17)18(13)3/h4-7,12-14,19H,8-11H2,1-3H3. The minimum atomic E-state index is -0.732. The molecule has 0 spiro atoms. The van der Waals surface area contributed by atoms with E-state index in [9.17, 15) is 5.11 Å². The largest absolute Gasteiger partial charge is 0.491 e. The van der Waals surface area contributed by atoms with Gasteiger partial charge < -0.3 is 14.7 Å². The van der Waals surface area contributed by atoms with Crippen molar-refractivity contribution in [1.82, 2.24) is 4.90 Å². The first-order valence-electron chi connectivity index (χ1n) is 7.70. The summed E-state index contributed by atoms with van der Waals surface area (Å²) in [6.45, 7) is 4.05. The molecule has 2 fully saturated rings. The lowest BCUT2D eigenvalue weighted by Crippen LogP contribution is -2.47. The summed E-state index contributed by atoms with van der Waals surface area (Å²) in [5, 5.41) is 11.2. The van der Waals surface area contributed by atoms with Gasteiger partial charge in [-0.15, -0.1) is 0 Å². The van der Waals surface area contributed by atoms with Crippen molar-refractivity contribution in [3.05, 3.63) is 29.8 Å². The van der Waals surface area contributed by atoms with E-state index < -0.39 is 5.60 Å². The fourth-order valence-electron chi connectivity index (χ4n) is 3.87. The average Bonchev–Trinajstić information content (AvgIpc) is 2.62. The van der Waals surface area contributed by atoms with E-state index in [2.05, 4.69) is 11.9 Å². The van der Waals surface area contributed by atoms with Crippen molar-refractivity contribution in [2.75, 3.05) is 7.05 Å². The van der Waals surface area contributed by atoms with Crippen LogP contribution in [-0.2, 0) is 5.60 Å². The van der Waals surface area contributed by atoms with E-state index in [1.54, 1.807) is 0 Å². The molecule has 2 bridgehead atoms. The number of aliphatic hydroxyl groups is 1. The van der Waals surface area contributed by atoms with Crippen molar-refractivity contribution in [3.63, 3.8) is 0 Å². The average molecular weight is 275 g/mol. The lowest BCUT2D eigenvalue weighted by Gasteiger charge is -2.43. The highest BCUT2D eigenvalue weighted by Gasteiger charge is 2.47. The van der Waals surface area contributed by atoms with Crippen molar-refractivity contribution in [2.45, 2.75) is 63.3 Å². The molecule has 1 aromatic carbocycles. The summed E-state index contributed by atoms with van der Waals surface area (Å²) in [4.78, 5) is 2.44. The maximum atomic E-state index is 11.2. The number of ether oxygens (including phenoxy) is 1. The Hall–Kier alpha value is -1.06. The Balaban J connectivity index is 1.92. The molecule has 2 unspecified atom stereocenters. The molecule has 0 radical (unpaired) electrons. The van der Waals surface area contributed by atoms with E-state index in [0.29, 0.717) is 12.1 Å². The zero-order valence-corrected chi connectivity index (χ0v) is 12.7. The van der Waals surface area contributed by atoms with Crippen LogP contribution in [0, 0.1) is 0 Å². The molecular weight excluding hydrogens is 250 g/mol. The number of nitrogens with zero attached hydrogens (tertiary/aromatic N) is 1. The zero-order valence-electron chi connectivity index (χ0n) is 12.7. The summed E-state index contributed by atoms with van der Waals surface area (Å²) in [5.74, 6) is 0.842. The Morgan fingerprint density at radius 3 is 2.40 bits per heavy atom. The summed E-state index contributed by atoms with van der Waals surface area (Å²) in [5.41, 5.74) is 0.239. The van der Waals surface area contributed by atoms with E-state index in [-0.39, 0.29) is 6.10 Å². The molecule has 2 atom stereocenters. The lowest BCUT2D eigenvalue weighted by molar-refractivity contribution is -0.0512. The second-order valence-electron chi connectivity index (χ2n) is 6.65. The molecule has 0 amide bonds. The van der Waals surface area contributed by atoms with E-state index in [1.807, 2.05) is 38.1 Å². The maximum Gasteiger partial charge on any atom is 0.125 e. The van der Waals surface area contributed by atoms with Crippen LogP contribution in [-0.4, -0.2) is 35.2 Å². The van der Waals surface area contributed by atoms with Crippen LogP contribution in [0.15, 0.2) is 24.3 Å². The third kappa shape index (κ3) is 2.33. The van der Waals surface area contributed by atoms with Crippen molar-refractivity contribution >= 4 is 0 Å². The van der Waals surface area contributed by atoms with Crippen LogP contribution in [0.5, 0.6) is 5.75 Å². The van der Waals surface area contributed by atoms with Gasteiger partial charge in [0.25, 0.3) is 0 Å². The molecule has 0 saturated carbocycles. The monoisotopic (exact) mass is 275 g/mol. The number of rotatable bonds is 3. The molecular formula is C17H25NO2. The highest BCUT2D eigenvalue weighted by atomic mass is 16.5. The van der Waals surface area contributed by atoms with Gasteiger partial charge >= 0.3 is 0 Å². The fraction of sp³-hybridized carbons (Fsp3) is 0.647. The summed E-state index contributed by atoms with van der Waals surface area (Å²) in [6.07, 6.45) is 4.17. The Bertz CT molecular complexity index is 472. The minimum Gasteiger partial charge on any atom is -0.491 e. The number of fused-ring (bicyclic) bond motifs is 2. The quantitative estimate of drug-likeness (QED) is 0.920. The van der Waals surface area contributed by atoms with Crippen LogP contribution in [0.4, 0.5) is 0 Å². The molecule has 0 aromatic heterocycles. The highest BCUT2D eigenvalue weighted by Crippen LogP contribution is 2.47. The molecule has 1 N–H and O–H groups in total. The van der Waals surface area contributed by atoms with E-state index in [4.69, 9.17) is 4.74 Å². The molecule has 2 aliphatic rings. The summed E-state index contributed by atoms with van der Waals surface area (Å²) < 4.78 is 5.91. The van der Waals surface area contributed by atoms with Crippen molar-refractivity contribution in [3.8, 4) is 5.75 Å². The van der Waals surface area contributed by atoms with Crippen LogP contribution in [0.25, 0.3) is 0 Å². The Kier molecular flexibility index (Phi) is 3.51. The number of hydrogen-bond acceptors (Lipinski definition) is 3. The van der Waals surface area contributed by atoms with Crippen LogP contribution in [0.1, 0.15) is 45.1 Å². The Morgan fingerprint density at radius 2 is 1.80 bits per heavy atom. The van der Waals surface area contributed by atoms with Crippen LogP contribution in [0.2, 0.25) is 0 Å². The number of para-hydroxylation sites is 1. The third-order valence-corrected chi connectivity index (χ3v) is 4.88. The van der Waals surface area contributed by atoms with E-state index >= 15 is 0 Å². The van der Waals surface area contributed by atoms with Gasteiger partial charge in [0.1, 0.15) is 5.75 Å². The first-order valence-corrected chi connectivity index (χ1v) is 7.70. The van der Waals surface area contributed by atoms with Gasteiger partial charge in [-0.2, -0.15) is 0 Å². The zero-order chi connectivity index (χ0) is 14.3. The van der Waals surface area contributed by atoms with Crippen LogP contribution < -0.4 is 4.74 Å². The normalized spacial score (nSPS) is 33.6. The molecule has 3 rings (SSSR count). The smallest absolute Gasteiger partial charge is 0.125 e. The summed E-state index contributed by atoms with van der Waals surface area (Å²) in [6, 6.07) is 9.00. The molecule has 2 aliphatic heterocycles. The first kappa shape index (κ1) is 13.9. The van der Waals surface area contributed by atoms with Gasteiger partial charge in [-0.1, -0.05) is 18.2 Å². The van der Waals surface area contributed by atoms with Gasteiger partial charge in [-0.25, -0.2) is 0 Å². The molecule has 1 aromatic rings. The second-order valence-corrected chi connectivity index (χ2v) is 6.65. The van der Waals surface area contributed by atoms with Crippen LogP contribution >= 0.6 is 0 Å². The Labute approximate surface area is 121 Å². The van der Waals surface area contributed by atoms with Gasteiger partial charge in [0.2, 0.25) is 0 Å². The summed E-state index contributed by atoms with van der Waals surface area (Å²) >= 11 is 0. The molecule has 2 saturated heterocycles. The lowest BCUT2D eigenvalue weighted by atomic mass is 9.80. The molecule has 2 heterocycles. The van der Waals surface area contributed by atoms with Gasteiger partial charge in [0.15, 0.2) is 0 Å². The number of piperidine rings is 1. The third-order valence-electron chi connectivity index (χ3n) is 4.88. The molecule has 0 aliphatic carbocycles. The predicted octanol–water partition coefficient (Wildman–Crippen LogP) is 2.92. The molecule has 110 valence electrons. The Morgan fingerprint density at radius 1 is 1.20 bits per heavy atom. The van der Waals surface area contributed by atoms with Gasteiger partial charge in [-0.05, 0) is 52.6 Å². The topological polar surface area (TPSA) is 32.7 Å². The van der Waals surface area contributed by atoms with Gasteiger partial charge in [0, 0.05) is 17.6 Å².